The second-order valence-corrected chi connectivity index (χ2v) is 6.35. The predicted octanol–water partition coefficient (Wildman–Crippen LogP) is 4.69. The Hall–Kier alpha value is -1.11. The number of aryl methyl sites for hydroxylation is 1. The molecule has 0 aliphatic heterocycles. The molecule has 0 bridgehead atoms. The maximum atomic E-state index is 13.0. The van der Waals surface area contributed by atoms with Gasteiger partial charge in [0.05, 0.1) is 5.56 Å². The quantitative estimate of drug-likeness (QED) is 0.696. The van der Waals surface area contributed by atoms with Crippen LogP contribution in [0.3, 0.4) is 0 Å². The fraction of sp³-hybridized carbons (Fsp3) is 0.250. The molecule has 0 unspecified atom stereocenters. The first-order valence-electron chi connectivity index (χ1n) is 5.55. The lowest BCUT2D eigenvalue weighted by molar-refractivity contribution is -0.137. The fourth-order valence-electron chi connectivity index (χ4n) is 1.65. The summed E-state index contributed by atoms with van der Waals surface area (Å²) in [6.45, 7) is 1.47. The lowest BCUT2D eigenvalue weighted by Crippen LogP contribution is -2.13. The molecule has 0 saturated carbocycles. The number of rotatable bonds is 1. The zero-order valence-corrected chi connectivity index (χ0v) is 12.7. The minimum absolute atomic E-state index is 0.151. The first kappa shape index (κ1) is 16.3. The average Bonchev–Trinajstić information content (AvgIpc) is 2.36. The van der Waals surface area contributed by atoms with Crippen LogP contribution in [0.2, 0.25) is 0 Å². The summed E-state index contributed by atoms with van der Waals surface area (Å²) in [6, 6.07) is 4.90. The number of aromatic nitrogens is 3. The van der Waals surface area contributed by atoms with Crippen molar-refractivity contribution in [3.63, 3.8) is 0 Å². The van der Waals surface area contributed by atoms with Gasteiger partial charge in [-0.25, -0.2) is 15.0 Å². The van der Waals surface area contributed by atoms with Gasteiger partial charge in [-0.2, -0.15) is 13.2 Å². The Morgan fingerprint density at radius 3 is 2.14 bits per heavy atom. The Morgan fingerprint density at radius 1 is 0.952 bits per heavy atom. The van der Waals surface area contributed by atoms with Crippen LogP contribution in [0.1, 0.15) is 17.2 Å². The second-order valence-electron chi connectivity index (χ2n) is 4.07. The Kier molecular flexibility index (Phi) is 4.33. The van der Waals surface area contributed by atoms with Crippen LogP contribution in [0.15, 0.2) is 24.3 Å². The van der Waals surface area contributed by atoms with Crippen molar-refractivity contribution in [3.05, 3.63) is 41.5 Å². The summed E-state index contributed by atoms with van der Waals surface area (Å²) >= 11 is 17.0. The molecule has 2 aromatic rings. The van der Waals surface area contributed by atoms with E-state index < -0.39 is 15.5 Å². The number of nitrogens with zero attached hydrogens (tertiary/aromatic N) is 3. The Bertz CT molecular complexity index is 669. The van der Waals surface area contributed by atoms with E-state index in [2.05, 4.69) is 15.0 Å². The van der Waals surface area contributed by atoms with Crippen LogP contribution in [-0.2, 0) is 9.97 Å². The molecule has 0 aliphatic rings. The molecule has 1 aromatic heterocycles. The number of hydrogen-bond donors (Lipinski definition) is 0. The molecule has 0 spiro atoms. The minimum Gasteiger partial charge on any atom is -0.214 e. The van der Waals surface area contributed by atoms with E-state index in [1.54, 1.807) is 0 Å². The lowest BCUT2D eigenvalue weighted by atomic mass is 10.1. The number of alkyl halides is 6. The van der Waals surface area contributed by atoms with Crippen molar-refractivity contribution in [2.75, 3.05) is 0 Å². The van der Waals surface area contributed by atoms with Crippen LogP contribution < -0.4 is 0 Å². The molecule has 21 heavy (non-hydrogen) atoms. The Balaban J connectivity index is 2.66. The largest absolute Gasteiger partial charge is 0.417 e. The molecule has 2 rings (SSSR count). The van der Waals surface area contributed by atoms with Crippen molar-refractivity contribution < 1.29 is 13.2 Å². The first-order valence-corrected chi connectivity index (χ1v) is 6.69. The van der Waals surface area contributed by atoms with E-state index >= 15 is 0 Å². The molecule has 0 N–H and O–H groups in total. The van der Waals surface area contributed by atoms with Crippen molar-refractivity contribution in [1.29, 1.82) is 0 Å². The van der Waals surface area contributed by atoms with Crippen LogP contribution in [0.5, 0.6) is 0 Å². The zero-order valence-electron chi connectivity index (χ0n) is 10.4. The molecule has 0 fully saturated rings. The third-order valence-electron chi connectivity index (χ3n) is 2.47. The number of hydrogen-bond acceptors (Lipinski definition) is 3. The summed E-state index contributed by atoms with van der Waals surface area (Å²) in [5, 5.41) is 0. The summed E-state index contributed by atoms with van der Waals surface area (Å²) in [7, 11) is 0. The summed E-state index contributed by atoms with van der Waals surface area (Å²) in [5.41, 5.74) is -1.07. The van der Waals surface area contributed by atoms with Crippen molar-refractivity contribution in [1.82, 2.24) is 15.0 Å². The van der Waals surface area contributed by atoms with Gasteiger partial charge in [0.25, 0.3) is 0 Å². The van der Waals surface area contributed by atoms with Crippen molar-refractivity contribution >= 4 is 34.8 Å². The van der Waals surface area contributed by atoms with Crippen LogP contribution in [-0.4, -0.2) is 15.0 Å². The molecular weight excluding hydrogens is 350 g/mol. The van der Waals surface area contributed by atoms with Gasteiger partial charge in [-0.3, -0.25) is 0 Å². The van der Waals surface area contributed by atoms with Gasteiger partial charge in [0, 0.05) is 5.56 Å². The third-order valence-corrected chi connectivity index (χ3v) is 2.98. The number of benzene rings is 1. The van der Waals surface area contributed by atoms with E-state index in [1.807, 2.05) is 0 Å². The molecule has 0 atom stereocenters. The predicted molar refractivity (Wildman–Crippen MR) is 74.2 cm³/mol. The smallest absolute Gasteiger partial charge is 0.214 e. The molecule has 0 aliphatic carbocycles. The van der Waals surface area contributed by atoms with Gasteiger partial charge >= 0.3 is 6.18 Å². The topological polar surface area (TPSA) is 38.7 Å². The van der Waals surface area contributed by atoms with E-state index in [0.717, 1.165) is 6.07 Å². The van der Waals surface area contributed by atoms with Crippen LogP contribution >= 0.6 is 34.8 Å². The van der Waals surface area contributed by atoms with Gasteiger partial charge in [0.1, 0.15) is 5.82 Å². The van der Waals surface area contributed by atoms with Gasteiger partial charge in [0.2, 0.25) is 3.79 Å². The Labute approximate surface area is 133 Å². The zero-order chi connectivity index (χ0) is 15.8. The van der Waals surface area contributed by atoms with Gasteiger partial charge in [0.15, 0.2) is 11.6 Å². The van der Waals surface area contributed by atoms with Crippen molar-refractivity contribution in [3.8, 4) is 11.4 Å². The van der Waals surface area contributed by atoms with E-state index in [1.165, 1.54) is 25.1 Å². The highest BCUT2D eigenvalue weighted by molar-refractivity contribution is 6.66. The van der Waals surface area contributed by atoms with Crippen LogP contribution in [0.4, 0.5) is 13.2 Å². The molecule has 1 heterocycles. The van der Waals surface area contributed by atoms with Crippen molar-refractivity contribution in [2.45, 2.75) is 16.9 Å². The number of halogens is 6. The lowest BCUT2D eigenvalue weighted by Gasteiger charge is -2.14. The maximum absolute atomic E-state index is 13.0. The second kappa shape index (κ2) is 5.59. The molecule has 0 amide bonds. The minimum atomic E-state index is -4.54. The highest BCUT2D eigenvalue weighted by Gasteiger charge is 2.35. The van der Waals surface area contributed by atoms with Gasteiger partial charge in [-0.15, -0.1) is 0 Å². The molecule has 1 aromatic carbocycles. The highest BCUT2D eigenvalue weighted by Crippen LogP contribution is 2.38. The van der Waals surface area contributed by atoms with E-state index in [4.69, 9.17) is 34.8 Å². The fourth-order valence-corrected chi connectivity index (χ4v) is 1.91. The van der Waals surface area contributed by atoms with Crippen LogP contribution in [0.25, 0.3) is 11.4 Å². The first-order chi connectivity index (χ1) is 9.59. The Morgan fingerprint density at radius 2 is 1.57 bits per heavy atom. The maximum Gasteiger partial charge on any atom is 0.417 e. The monoisotopic (exact) mass is 355 g/mol. The summed E-state index contributed by atoms with van der Waals surface area (Å²) in [6.07, 6.45) is -4.54. The normalized spacial score (nSPS) is 12.5. The van der Waals surface area contributed by atoms with E-state index in [-0.39, 0.29) is 23.0 Å². The standard InChI is InChI=1S/C12H7Cl3F3N3/c1-6-19-9(21-10(20-6)11(13,14)15)7-4-2-3-5-8(7)12(16,17)18/h2-5H,1H3. The third kappa shape index (κ3) is 3.75. The van der Waals surface area contributed by atoms with Gasteiger partial charge in [-0.05, 0) is 13.0 Å². The van der Waals surface area contributed by atoms with Gasteiger partial charge < -0.3 is 0 Å². The van der Waals surface area contributed by atoms with Crippen molar-refractivity contribution in [2.24, 2.45) is 0 Å². The van der Waals surface area contributed by atoms with E-state index in [0.29, 0.717) is 0 Å². The summed E-state index contributed by atoms with van der Waals surface area (Å²) in [4.78, 5) is 11.5. The molecule has 0 saturated heterocycles. The molecule has 9 heteroatoms. The summed E-state index contributed by atoms with van der Waals surface area (Å²) < 4.78 is 37.1. The molecule has 112 valence electrons. The molecular formula is C12H7Cl3F3N3. The molecule has 3 nitrogen and oxygen atoms in total. The van der Waals surface area contributed by atoms with Gasteiger partial charge in [-0.1, -0.05) is 53.0 Å². The average molecular weight is 357 g/mol. The van der Waals surface area contributed by atoms with Crippen LogP contribution in [0, 0.1) is 6.92 Å². The SMILES string of the molecule is Cc1nc(-c2ccccc2C(F)(F)F)nc(C(Cl)(Cl)Cl)n1. The molecule has 0 radical (unpaired) electrons. The summed E-state index contributed by atoms with van der Waals surface area (Å²) in [5.74, 6) is -0.276. The highest BCUT2D eigenvalue weighted by atomic mass is 35.6. The van der Waals surface area contributed by atoms with E-state index in [9.17, 15) is 13.2 Å².